The zero-order valence-corrected chi connectivity index (χ0v) is 13.0. The van der Waals surface area contributed by atoms with Crippen LogP contribution in [0.5, 0.6) is 0 Å². The molecule has 1 heterocycles. The number of esters is 2. The van der Waals surface area contributed by atoms with Gasteiger partial charge in [0.25, 0.3) is 0 Å². The minimum atomic E-state index is -0.672. The Balaban J connectivity index is 2.51. The van der Waals surface area contributed by atoms with Gasteiger partial charge in [-0.3, -0.25) is 0 Å². The van der Waals surface area contributed by atoms with E-state index in [1.54, 1.807) is 13.8 Å². The molecule has 22 heavy (non-hydrogen) atoms. The van der Waals surface area contributed by atoms with Crippen molar-refractivity contribution in [2.45, 2.75) is 13.8 Å². The normalized spacial score (nSPS) is 10.3. The van der Waals surface area contributed by atoms with Crippen molar-refractivity contribution in [3.63, 3.8) is 0 Å². The summed E-state index contributed by atoms with van der Waals surface area (Å²) in [5.41, 5.74) is 1.69. The molecule has 0 unspecified atom stereocenters. The van der Waals surface area contributed by atoms with Gasteiger partial charge >= 0.3 is 11.9 Å². The lowest BCUT2D eigenvalue weighted by atomic mass is 10.1. The van der Waals surface area contributed by atoms with Crippen LogP contribution in [0.4, 0.5) is 0 Å². The Morgan fingerprint density at radius 3 is 2.27 bits per heavy atom. The molecule has 0 amide bonds. The van der Waals surface area contributed by atoms with E-state index in [1.165, 1.54) is 6.08 Å². The fourth-order valence-corrected chi connectivity index (χ4v) is 2.26. The third-order valence-electron chi connectivity index (χ3n) is 3.22. The average Bonchev–Trinajstić information content (AvgIpc) is 2.82. The number of ether oxygens (including phenoxy) is 2. The first-order valence-electron chi connectivity index (χ1n) is 7.18. The van der Waals surface area contributed by atoms with E-state index in [-0.39, 0.29) is 18.8 Å². The van der Waals surface area contributed by atoms with Gasteiger partial charge in [-0.05, 0) is 26.0 Å². The van der Waals surface area contributed by atoms with Gasteiger partial charge in [0, 0.05) is 29.7 Å². The molecule has 5 heteroatoms. The van der Waals surface area contributed by atoms with Gasteiger partial charge in [0.15, 0.2) is 0 Å². The summed E-state index contributed by atoms with van der Waals surface area (Å²) < 4.78 is 11.8. The minimum Gasteiger partial charge on any atom is -0.462 e. The Morgan fingerprint density at radius 2 is 1.68 bits per heavy atom. The van der Waals surface area contributed by atoms with Crippen LogP contribution in [-0.2, 0) is 26.1 Å². The van der Waals surface area contributed by atoms with Crippen LogP contribution in [0.15, 0.2) is 36.0 Å². The molecule has 0 radical (unpaired) electrons. The maximum Gasteiger partial charge on any atom is 0.345 e. The second kappa shape index (κ2) is 6.93. The van der Waals surface area contributed by atoms with Crippen molar-refractivity contribution in [2.24, 2.45) is 7.05 Å². The Morgan fingerprint density at radius 1 is 1.09 bits per heavy atom. The smallest absolute Gasteiger partial charge is 0.345 e. The van der Waals surface area contributed by atoms with Gasteiger partial charge in [0.1, 0.15) is 5.57 Å². The second-order valence-corrected chi connectivity index (χ2v) is 4.71. The number of rotatable bonds is 5. The molecule has 0 saturated heterocycles. The fourth-order valence-electron chi connectivity index (χ4n) is 2.26. The van der Waals surface area contributed by atoms with E-state index in [0.29, 0.717) is 0 Å². The molecule has 5 nitrogen and oxygen atoms in total. The molecule has 0 aliphatic heterocycles. The molecule has 0 saturated carbocycles. The summed E-state index contributed by atoms with van der Waals surface area (Å²) in [7, 11) is 1.91. The molecule has 0 aliphatic carbocycles. The number of hydrogen-bond donors (Lipinski definition) is 0. The molecule has 2 rings (SSSR count). The van der Waals surface area contributed by atoms with Crippen LogP contribution >= 0.6 is 0 Å². The summed E-state index contributed by atoms with van der Waals surface area (Å²) in [6.07, 6.45) is 3.39. The van der Waals surface area contributed by atoms with Gasteiger partial charge in [-0.25, -0.2) is 9.59 Å². The van der Waals surface area contributed by atoms with Crippen LogP contribution in [0.2, 0.25) is 0 Å². The lowest BCUT2D eigenvalue weighted by molar-refractivity contribution is -0.146. The van der Waals surface area contributed by atoms with Crippen molar-refractivity contribution in [2.75, 3.05) is 13.2 Å². The van der Waals surface area contributed by atoms with Crippen molar-refractivity contribution in [3.05, 3.63) is 41.6 Å². The Labute approximate surface area is 129 Å². The highest BCUT2D eigenvalue weighted by molar-refractivity contribution is 6.18. The highest BCUT2D eigenvalue weighted by Crippen LogP contribution is 2.23. The van der Waals surface area contributed by atoms with Crippen molar-refractivity contribution in [1.82, 2.24) is 4.57 Å². The van der Waals surface area contributed by atoms with Crippen molar-refractivity contribution in [1.29, 1.82) is 0 Å². The number of benzene rings is 1. The lowest BCUT2D eigenvalue weighted by Crippen LogP contribution is -2.18. The first-order valence-corrected chi connectivity index (χ1v) is 7.18. The molecule has 0 fully saturated rings. The van der Waals surface area contributed by atoms with E-state index in [2.05, 4.69) is 0 Å². The highest BCUT2D eigenvalue weighted by atomic mass is 16.6. The topological polar surface area (TPSA) is 57.5 Å². The van der Waals surface area contributed by atoms with Crippen LogP contribution in [-0.4, -0.2) is 29.7 Å². The Kier molecular flexibility index (Phi) is 4.99. The largest absolute Gasteiger partial charge is 0.462 e. The third kappa shape index (κ3) is 3.19. The first-order chi connectivity index (χ1) is 10.6. The molecular weight excluding hydrogens is 282 g/mol. The van der Waals surface area contributed by atoms with Crippen LogP contribution in [0.3, 0.4) is 0 Å². The number of aryl methyl sites for hydroxylation is 1. The molecule has 1 aromatic heterocycles. The monoisotopic (exact) mass is 301 g/mol. The van der Waals surface area contributed by atoms with Gasteiger partial charge in [-0.2, -0.15) is 0 Å². The number of para-hydroxylation sites is 1. The summed E-state index contributed by atoms with van der Waals surface area (Å²) in [5, 5.41) is 0.955. The van der Waals surface area contributed by atoms with E-state index in [1.807, 2.05) is 42.1 Å². The fraction of sp³-hybridized carbons (Fsp3) is 0.294. The van der Waals surface area contributed by atoms with E-state index in [9.17, 15) is 9.59 Å². The Hall–Kier alpha value is -2.56. The quantitative estimate of drug-likeness (QED) is 0.369. The van der Waals surface area contributed by atoms with Crippen LogP contribution in [0.1, 0.15) is 19.4 Å². The minimum absolute atomic E-state index is 0.0972. The molecule has 0 N–H and O–H groups in total. The summed E-state index contributed by atoms with van der Waals surface area (Å²) >= 11 is 0. The standard InChI is InChI=1S/C17H19NO4/c1-4-21-16(19)14(17(20)22-5-2)10-12-11-18(3)15-9-7-6-8-13(12)15/h6-11H,4-5H2,1-3H3. The summed E-state index contributed by atoms with van der Waals surface area (Å²) in [6.45, 7) is 3.79. The van der Waals surface area contributed by atoms with Gasteiger partial charge in [-0.15, -0.1) is 0 Å². The lowest BCUT2D eigenvalue weighted by Gasteiger charge is -2.06. The van der Waals surface area contributed by atoms with Gasteiger partial charge < -0.3 is 14.0 Å². The number of aromatic nitrogens is 1. The number of nitrogens with zero attached hydrogens (tertiary/aromatic N) is 1. The molecule has 0 spiro atoms. The third-order valence-corrected chi connectivity index (χ3v) is 3.22. The molecule has 2 aromatic rings. The van der Waals surface area contributed by atoms with Gasteiger partial charge in [-0.1, -0.05) is 18.2 Å². The van der Waals surface area contributed by atoms with Gasteiger partial charge in [0.2, 0.25) is 0 Å². The number of carbonyl (C=O) groups excluding carboxylic acids is 2. The van der Waals surface area contributed by atoms with Crippen LogP contribution in [0.25, 0.3) is 17.0 Å². The van der Waals surface area contributed by atoms with E-state index >= 15 is 0 Å². The number of hydrogen-bond acceptors (Lipinski definition) is 4. The number of carbonyl (C=O) groups is 2. The predicted octanol–water partition coefficient (Wildman–Crippen LogP) is 2.69. The molecule has 1 aromatic carbocycles. The molecule has 0 bridgehead atoms. The summed E-state index contributed by atoms with van der Waals surface area (Å²) in [5.74, 6) is -1.34. The van der Waals surface area contributed by atoms with Crippen LogP contribution in [0, 0.1) is 0 Å². The maximum atomic E-state index is 12.0. The molecular formula is C17H19NO4. The molecule has 116 valence electrons. The zero-order valence-electron chi connectivity index (χ0n) is 13.0. The first kappa shape index (κ1) is 15.8. The van der Waals surface area contributed by atoms with Gasteiger partial charge in [0.05, 0.1) is 13.2 Å². The van der Waals surface area contributed by atoms with E-state index in [0.717, 1.165) is 16.5 Å². The maximum absolute atomic E-state index is 12.0. The van der Waals surface area contributed by atoms with Crippen LogP contribution < -0.4 is 0 Å². The van der Waals surface area contributed by atoms with E-state index in [4.69, 9.17) is 9.47 Å². The van der Waals surface area contributed by atoms with Crippen molar-refractivity contribution in [3.8, 4) is 0 Å². The SMILES string of the molecule is CCOC(=O)C(=Cc1cn(C)c2ccccc12)C(=O)OCC. The van der Waals surface area contributed by atoms with Crippen molar-refractivity contribution < 1.29 is 19.1 Å². The average molecular weight is 301 g/mol. The number of fused-ring (bicyclic) bond motifs is 1. The Bertz CT molecular complexity index is 707. The van der Waals surface area contributed by atoms with E-state index < -0.39 is 11.9 Å². The highest BCUT2D eigenvalue weighted by Gasteiger charge is 2.21. The molecule has 0 aliphatic rings. The summed E-state index contributed by atoms with van der Waals surface area (Å²) in [6, 6.07) is 7.76. The molecule has 0 atom stereocenters. The summed E-state index contributed by atoms with van der Waals surface area (Å²) in [4.78, 5) is 24.0. The second-order valence-electron chi connectivity index (χ2n) is 4.71. The van der Waals surface area contributed by atoms with Crippen molar-refractivity contribution >= 4 is 28.9 Å². The zero-order chi connectivity index (χ0) is 16.1. The predicted molar refractivity (Wildman–Crippen MR) is 84.2 cm³/mol.